The molecule has 1 N–H and O–H groups in total. The van der Waals surface area contributed by atoms with Gasteiger partial charge in [0.05, 0.1) is 15.7 Å². The van der Waals surface area contributed by atoms with Crippen LogP contribution >= 0.6 is 31.9 Å². The third-order valence-electron chi connectivity index (χ3n) is 2.32. The number of para-hydroxylation sites is 1. The zero-order valence-electron chi connectivity index (χ0n) is 9.08. The predicted molar refractivity (Wildman–Crippen MR) is 76.2 cm³/mol. The molecule has 1 amide bonds. The largest absolute Gasteiger partial charge is 0.321 e. The van der Waals surface area contributed by atoms with Crippen molar-refractivity contribution in [2.24, 2.45) is 0 Å². The van der Waals surface area contributed by atoms with Crippen LogP contribution in [0.3, 0.4) is 0 Å². The molecule has 0 aliphatic heterocycles. The first-order valence-corrected chi connectivity index (χ1v) is 6.68. The van der Waals surface area contributed by atoms with Gasteiger partial charge in [-0.3, -0.25) is 4.79 Å². The van der Waals surface area contributed by atoms with Crippen molar-refractivity contribution >= 4 is 43.5 Å². The van der Waals surface area contributed by atoms with Gasteiger partial charge in [0, 0.05) is 4.47 Å². The fraction of sp³-hybridized carbons (Fsp3) is 0. The molecule has 5 heteroatoms. The Morgan fingerprint density at radius 3 is 2.39 bits per heavy atom. The summed E-state index contributed by atoms with van der Waals surface area (Å²) in [6, 6.07) is 11.8. The standard InChI is InChI=1S/C13H8Br2FNO/c14-9-5-1-2-7-11(9)17-13(18)8-4-3-6-10(15)12(8)16/h1-7H,(H,17,18). The number of amides is 1. The van der Waals surface area contributed by atoms with Gasteiger partial charge in [-0.2, -0.15) is 0 Å². The van der Waals surface area contributed by atoms with Gasteiger partial charge in [-0.15, -0.1) is 0 Å². The molecule has 2 aromatic carbocycles. The van der Waals surface area contributed by atoms with E-state index in [0.29, 0.717) is 5.69 Å². The molecule has 0 aliphatic carbocycles. The second-order valence-corrected chi connectivity index (χ2v) is 5.24. The van der Waals surface area contributed by atoms with Crippen LogP contribution in [0.4, 0.5) is 10.1 Å². The minimum absolute atomic E-state index is 0.000119. The van der Waals surface area contributed by atoms with Gasteiger partial charge in [0.25, 0.3) is 5.91 Å². The number of halogens is 3. The Labute approximate surface area is 120 Å². The first kappa shape index (κ1) is 13.2. The van der Waals surface area contributed by atoms with Gasteiger partial charge in [0.2, 0.25) is 0 Å². The Balaban J connectivity index is 2.28. The summed E-state index contributed by atoms with van der Waals surface area (Å²) in [5, 5.41) is 2.65. The maximum absolute atomic E-state index is 13.7. The number of hydrogen-bond donors (Lipinski definition) is 1. The maximum Gasteiger partial charge on any atom is 0.258 e. The lowest BCUT2D eigenvalue weighted by atomic mass is 10.2. The average molecular weight is 373 g/mol. The topological polar surface area (TPSA) is 29.1 Å². The molecule has 0 atom stereocenters. The summed E-state index contributed by atoms with van der Waals surface area (Å²) >= 11 is 6.36. The van der Waals surface area contributed by atoms with E-state index in [4.69, 9.17) is 0 Å². The highest BCUT2D eigenvalue weighted by molar-refractivity contribution is 9.10. The molecule has 0 aromatic heterocycles. The molecule has 0 spiro atoms. The number of benzene rings is 2. The summed E-state index contributed by atoms with van der Waals surface area (Å²) in [5.41, 5.74) is 0.599. The third kappa shape index (κ3) is 2.79. The van der Waals surface area contributed by atoms with E-state index in [0.717, 1.165) is 4.47 Å². The van der Waals surface area contributed by atoms with Gasteiger partial charge in [0.1, 0.15) is 5.82 Å². The van der Waals surface area contributed by atoms with Crippen molar-refractivity contribution in [2.45, 2.75) is 0 Å². The SMILES string of the molecule is O=C(Nc1ccccc1Br)c1cccc(Br)c1F. The van der Waals surface area contributed by atoms with Crippen molar-refractivity contribution in [3.8, 4) is 0 Å². The monoisotopic (exact) mass is 371 g/mol. The highest BCUT2D eigenvalue weighted by Crippen LogP contribution is 2.23. The lowest BCUT2D eigenvalue weighted by Gasteiger charge is -2.08. The van der Waals surface area contributed by atoms with Crippen LogP contribution in [-0.4, -0.2) is 5.91 Å². The lowest BCUT2D eigenvalue weighted by Crippen LogP contribution is -2.14. The summed E-state index contributed by atoms with van der Waals surface area (Å²) < 4.78 is 14.7. The summed E-state index contributed by atoms with van der Waals surface area (Å²) in [4.78, 5) is 11.9. The van der Waals surface area contributed by atoms with Gasteiger partial charge in [-0.05, 0) is 56.1 Å². The number of nitrogens with one attached hydrogen (secondary N) is 1. The number of hydrogen-bond acceptors (Lipinski definition) is 1. The second-order valence-electron chi connectivity index (χ2n) is 3.54. The van der Waals surface area contributed by atoms with Crippen LogP contribution in [0.5, 0.6) is 0 Å². The molecule has 92 valence electrons. The highest BCUT2D eigenvalue weighted by Gasteiger charge is 2.14. The molecular weight excluding hydrogens is 365 g/mol. The van der Waals surface area contributed by atoms with E-state index in [1.54, 1.807) is 30.3 Å². The Kier molecular flexibility index (Phi) is 4.14. The zero-order chi connectivity index (χ0) is 13.1. The van der Waals surface area contributed by atoms with Crippen LogP contribution < -0.4 is 5.32 Å². The minimum atomic E-state index is -0.568. The number of rotatable bonds is 2. The third-order valence-corrected chi connectivity index (χ3v) is 3.62. The summed E-state index contributed by atoms with van der Waals surface area (Å²) in [6.07, 6.45) is 0. The molecule has 2 nitrogen and oxygen atoms in total. The van der Waals surface area contributed by atoms with Crippen LogP contribution in [-0.2, 0) is 0 Å². The lowest BCUT2D eigenvalue weighted by molar-refractivity contribution is 0.102. The molecule has 0 bridgehead atoms. The van der Waals surface area contributed by atoms with E-state index in [1.165, 1.54) is 6.07 Å². The maximum atomic E-state index is 13.7. The van der Waals surface area contributed by atoms with Crippen LogP contribution in [0.15, 0.2) is 51.4 Å². The Bertz CT molecular complexity index is 601. The fourth-order valence-electron chi connectivity index (χ4n) is 1.43. The normalized spacial score (nSPS) is 10.2. The van der Waals surface area contributed by atoms with Gasteiger partial charge in [0.15, 0.2) is 0 Å². The molecule has 2 aromatic rings. The Morgan fingerprint density at radius 2 is 1.67 bits per heavy atom. The van der Waals surface area contributed by atoms with Gasteiger partial charge in [-0.1, -0.05) is 18.2 Å². The van der Waals surface area contributed by atoms with E-state index < -0.39 is 11.7 Å². The highest BCUT2D eigenvalue weighted by atomic mass is 79.9. The molecule has 0 heterocycles. The van der Waals surface area contributed by atoms with Crippen molar-refractivity contribution in [3.63, 3.8) is 0 Å². The van der Waals surface area contributed by atoms with Crippen molar-refractivity contribution in [1.29, 1.82) is 0 Å². The van der Waals surface area contributed by atoms with Gasteiger partial charge >= 0.3 is 0 Å². The van der Waals surface area contributed by atoms with Gasteiger partial charge in [-0.25, -0.2) is 4.39 Å². The van der Waals surface area contributed by atoms with Crippen molar-refractivity contribution < 1.29 is 9.18 Å². The van der Waals surface area contributed by atoms with Crippen molar-refractivity contribution in [3.05, 3.63) is 62.8 Å². The molecule has 2 rings (SSSR count). The van der Waals surface area contributed by atoms with E-state index >= 15 is 0 Å². The van der Waals surface area contributed by atoms with Crippen molar-refractivity contribution in [1.82, 2.24) is 0 Å². The van der Waals surface area contributed by atoms with E-state index in [1.807, 2.05) is 6.07 Å². The molecule has 18 heavy (non-hydrogen) atoms. The van der Waals surface area contributed by atoms with Crippen LogP contribution in [0, 0.1) is 5.82 Å². The molecular formula is C13H8Br2FNO. The molecule has 0 fully saturated rings. The average Bonchev–Trinajstić information content (AvgIpc) is 2.35. The summed E-state index contributed by atoms with van der Waals surface area (Å²) in [6.45, 7) is 0. The van der Waals surface area contributed by atoms with E-state index in [-0.39, 0.29) is 10.0 Å². The molecule has 0 radical (unpaired) electrons. The van der Waals surface area contributed by atoms with Crippen LogP contribution in [0.1, 0.15) is 10.4 Å². The Morgan fingerprint density at radius 1 is 1.00 bits per heavy atom. The van der Waals surface area contributed by atoms with Crippen molar-refractivity contribution in [2.75, 3.05) is 5.32 Å². The first-order chi connectivity index (χ1) is 8.59. The molecule has 0 unspecified atom stereocenters. The fourth-order valence-corrected chi connectivity index (χ4v) is 2.18. The molecule has 0 aliphatic rings. The number of anilines is 1. The quantitative estimate of drug-likeness (QED) is 0.819. The van der Waals surface area contributed by atoms with E-state index in [9.17, 15) is 9.18 Å². The van der Waals surface area contributed by atoms with E-state index in [2.05, 4.69) is 37.2 Å². The predicted octanol–water partition coefficient (Wildman–Crippen LogP) is 4.60. The van der Waals surface area contributed by atoms with Crippen LogP contribution in [0.2, 0.25) is 0 Å². The molecule has 0 saturated carbocycles. The van der Waals surface area contributed by atoms with Gasteiger partial charge < -0.3 is 5.32 Å². The minimum Gasteiger partial charge on any atom is -0.321 e. The molecule has 0 saturated heterocycles. The van der Waals surface area contributed by atoms with Crippen LogP contribution in [0.25, 0.3) is 0 Å². The zero-order valence-corrected chi connectivity index (χ0v) is 12.3. The smallest absolute Gasteiger partial charge is 0.258 e. The Hall–Kier alpha value is -1.20. The second kappa shape index (κ2) is 5.63. The number of carbonyl (C=O) groups is 1. The number of carbonyl (C=O) groups excluding carboxylic acids is 1. The first-order valence-electron chi connectivity index (χ1n) is 5.09. The summed E-state index contributed by atoms with van der Waals surface area (Å²) in [7, 11) is 0. The summed E-state index contributed by atoms with van der Waals surface area (Å²) in [5.74, 6) is -1.05.